The normalized spacial score (nSPS) is 15.4. The van der Waals surface area contributed by atoms with Gasteiger partial charge in [-0.2, -0.15) is 0 Å². The Labute approximate surface area is 201 Å². The number of ether oxygens (including phenoxy) is 2. The molecule has 0 radical (unpaired) electrons. The summed E-state index contributed by atoms with van der Waals surface area (Å²) in [5.41, 5.74) is 2.38. The lowest BCUT2D eigenvalue weighted by Gasteiger charge is -2.26. The average molecular weight is 483 g/mol. The molecule has 0 aliphatic carbocycles. The van der Waals surface area contributed by atoms with Crippen molar-refractivity contribution in [3.05, 3.63) is 83.4 Å². The zero-order chi connectivity index (χ0) is 23.2. The zero-order valence-electron chi connectivity index (χ0n) is 18.0. The van der Waals surface area contributed by atoms with Crippen molar-refractivity contribution in [2.24, 2.45) is 0 Å². The van der Waals surface area contributed by atoms with Crippen LogP contribution in [0.5, 0.6) is 11.5 Å². The standard InChI is InChI=1S/C25H23ClN2O4S/c1-2-31-22-6-4-3-5-21(22)28-24(30)16-33-25(28)17-7-11-19(12-8-17)27-23(29)15-32-20-13-9-18(26)10-14-20/h3-14,25H,2,15-16H2,1H3,(H,27,29). The molecule has 2 amide bonds. The molecule has 0 bridgehead atoms. The second kappa shape index (κ2) is 10.6. The summed E-state index contributed by atoms with van der Waals surface area (Å²) >= 11 is 7.41. The van der Waals surface area contributed by atoms with Gasteiger partial charge in [-0.15, -0.1) is 11.8 Å². The lowest BCUT2D eigenvalue weighted by Crippen LogP contribution is -2.28. The maximum atomic E-state index is 12.7. The van der Waals surface area contributed by atoms with Crippen molar-refractivity contribution in [3.63, 3.8) is 0 Å². The molecule has 0 spiro atoms. The number of anilines is 2. The van der Waals surface area contributed by atoms with Crippen LogP contribution in [0.4, 0.5) is 11.4 Å². The minimum atomic E-state index is -0.268. The van der Waals surface area contributed by atoms with Gasteiger partial charge >= 0.3 is 0 Å². The van der Waals surface area contributed by atoms with E-state index in [1.54, 1.807) is 40.9 Å². The van der Waals surface area contributed by atoms with Crippen molar-refractivity contribution in [2.45, 2.75) is 12.3 Å². The number of benzene rings is 3. The van der Waals surface area contributed by atoms with Gasteiger partial charge in [0, 0.05) is 10.7 Å². The highest BCUT2D eigenvalue weighted by atomic mass is 35.5. The number of carbonyl (C=O) groups excluding carboxylic acids is 2. The molecule has 1 saturated heterocycles. The van der Waals surface area contributed by atoms with E-state index in [0.29, 0.717) is 34.6 Å². The molecule has 8 heteroatoms. The molecule has 1 heterocycles. The highest BCUT2D eigenvalue weighted by Gasteiger charge is 2.35. The summed E-state index contributed by atoms with van der Waals surface area (Å²) in [5.74, 6) is 1.42. The van der Waals surface area contributed by atoms with Crippen LogP contribution in [0, 0.1) is 0 Å². The lowest BCUT2D eigenvalue weighted by atomic mass is 10.1. The molecule has 1 N–H and O–H groups in total. The molecule has 4 rings (SSSR count). The molecule has 1 aliphatic rings. The Hall–Kier alpha value is -3.16. The van der Waals surface area contributed by atoms with E-state index in [2.05, 4.69) is 5.32 Å². The van der Waals surface area contributed by atoms with Crippen molar-refractivity contribution in [3.8, 4) is 11.5 Å². The van der Waals surface area contributed by atoms with Crippen molar-refractivity contribution in [1.29, 1.82) is 0 Å². The summed E-state index contributed by atoms with van der Waals surface area (Å²) < 4.78 is 11.2. The third-order valence-electron chi connectivity index (χ3n) is 4.96. The summed E-state index contributed by atoms with van der Waals surface area (Å²) in [4.78, 5) is 26.7. The van der Waals surface area contributed by atoms with E-state index < -0.39 is 0 Å². The molecular weight excluding hydrogens is 460 g/mol. The Bertz CT molecular complexity index is 1120. The van der Waals surface area contributed by atoms with Gasteiger partial charge < -0.3 is 14.8 Å². The number of thioether (sulfide) groups is 1. The van der Waals surface area contributed by atoms with Gasteiger partial charge in [0.1, 0.15) is 16.9 Å². The highest BCUT2D eigenvalue weighted by Crippen LogP contribution is 2.44. The monoisotopic (exact) mass is 482 g/mol. The van der Waals surface area contributed by atoms with Crippen molar-refractivity contribution in [1.82, 2.24) is 0 Å². The molecular formula is C25H23ClN2O4S. The average Bonchev–Trinajstić information content (AvgIpc) is 3.21. The number of amides is 2. The minimum Gasteiger partial charge on any atom is -0.492 e. The van der Waals surface area contributed by atoms with Crippen LogP contribution < -0.4 is 19.7 Å². The van der Waals surface area contributed by atoms with Gasteiger partial charge in [-0.25, -0.2) is 0 Å². The number of hydrogen-bond acceptors (Lipinski definition) is 5. The fourth-order valence-electron chi connectivity index (χ4n) is 3.47. The summed E-state index contributed by atoms with van der Waals surface area (Å²) in [5, 5.41) is 3.26. The van der Waals surface area contributed by atoms with Crippen molar-refractivity contribution >= 4 is 46.6 Å². The first kappa shape index (κ1) is 23.0. The largest absolute Gasteiger partial charge is 0.492 e. The molecule has 0 saturated carbocycles. The van der Waals surface area contributed by atoms with Gasteiger partial charge in [-0.1, -0.05) is 35.9 Å². The lowest BCUT2D eigenvalue weighted by molar-refractivity contribution is -0.118. The first-order chi connectivity index (χ1) is 16.0. The number of nitrogens with zero attached hydrogens (tertiary/aromatic N) is 1. The van der Waals surface area contributed by atoms with Crippen LogP contribution in [0.3, 0.4) is 0 Å². The Morgan fingerprint density at radius 3 is 2.52 bits per heavy atom. The van der Waals surface area contributed by atoms with Crippen LogP contribution in [-0.4, -0.2) is 30.8 Å². The van der Waals surface area contributed by atoms with Gasteiger partial charge in [-0.3, -0.25) is 14.5 Å². The quantitative estimate of drug-likeness (QED) is 0.457. The van der Waals surface area contributed by atoms with E-state index >= 15 is 0 Å². The van der Waals surface area contributed by atoms with Gasteiger partial charge in [0.15, 0.2) is 6.61 Å². The molecule has 1 aliphatic heterocycles. The molecule has 1 unspecified atom stereocenters. The summed E-state index contributed by atoms with van der Waals surface area (Å²) in [6, 6.07) is 21.9. The first-order valence-electron chi connectivity index (χ1n) is 10.5. The van der Waals surface area contributed by atoms with Crippen LogP contribution in [-0.2, 0) is 9.59 Å². The molecule has 3 aromatic carbocycles. The van der Waals surface area contributed by atoms with E-state index in [9.17, 15) is 9.59 Å². The van der Waals surface area contributed by atoms with Gasteiger partial charge in [0.25, 0.3) is 5.91 Å². The van der Waals surface area contributed by atoms with Crippen molar-refractivity contribution < 1.29 is 19.1 Å². The minimum absolute atomic E-state index is 0.0360. The SMILES string of the molecule is CCOc1ccccc1N1C(=O)CSC1c1ccc(NC(=O)COc2ccc(Cl)cc2)cc1. The summed E-state index contributed by atoms with van der Waals surface area (Å²) in [7, 11) is 0. The third-order valence-corrected chi connectivity index (χ3v) is 6.42. The second-order valence-electron chi connectivity index (χ2n) is 7.24. The van der Waals surface area contributed by atoms with Crippen LogP contribution >= 0.6 is 23.4 Å². The van der Waals surface area contributed by atoms with E-state index in [-0.39, 0.29) is 23.8 Å². The van der Waals surface area contributed by atoms with Crippen LogP contribution in [0.15, 0.2) is 72.8 Å². The fourth-order valence-corrected chi connectivity index (χ4v) is 4.77. The highest BCUT2D eigenvalue weighted by molar-refractivity contribution is 8.00. The maximum absolute atomic E-state index is 12.7. The number of nitrogens with one attached hydrogen (secondary N) is 1. The Balaban J connectivity index is 1.42. The summed E-state index contributed by atoms with van der Waals surface area (Å²) in [6.45, 7) is 2.33. The van der Waals surface area contributed by atoms with E-state index in [0.717, 1.165) is 11.3 Å². The predicted octanol–water partition coefficient (Wildman–Crippen LogP) is 5.53. The Morgan fingerprint density at radius 2 is 1.79 bits per heavy atom. The van der Waals surface area contributed by atoms with Gasteiger partial charge in [0.05, 0.1) is 18.0 Å². The molecule has 1 atom stereocenters. The zero-order valence-corrected chi connectivity index (χ0v) is 19.6. The number of halogens is 1. The van der Waals surface area contributed by atoms with Gasteiger partial charge in [-0.05, 0) is 61.0 Å². The van der Waals surface area contributed by atoms with Crippen LogP contribution in [0.1, 0.15) is 17.9 Å². The molecule has 6 nitrogen and oxygen atoms in total. The molecule has 170 valence electrons. The van der Waals surface area contributed by atoms with Crippen LogP contribution in [0.25, 0.3) is 0 Å². The van der Waals surface area contributed by atoms with Gasteiger partial charge in [0.2, 0.25) is 5.91 Å². The molecule has 0 aromatic heterocycles. The number of carbonyl (C=O) groups is 2. The number of para-hydroxylation sites is 2. The van der Waals surface area contributed by atoms with Crippen molar-refractivity contribution in [2.75, 3.05) is 29.2 Å². The Kier molecular flexibility index (Phi) is 7.42. The number of rotatable bonds is 8. The fraction of sp³-hybridized carbons (Fsp3) is 0.200. The first-order valence-corrected chi connectivity index (χ1v) is 11.9. The molecule has 1 fully saturated rings. The number of hydrogen-bond donors (Lipinski definition) is 1. The smallest absolute Gasteiger partial charge is 0.262 e. The Morgan fingerprint density at radius 1 is 1.06 bits per heavy atom. The topological polar surface area (TPSA) is 67.9 Å². The predicted molar refractivity (Wildman–Crippen MR) is 132 cm³/mol. The second-order valence-corrected chi connectivity index (χ2v) is 8.75. The molecule has 33 heavy (non-hydrogen) atoms. The van der Waals surface area contributed by atoms with E-state index in [1.165, 1.54) is 0 Å². The van der Waals surface area contributed by atoms with Crippen LogP contribution in [0.2, 0.25) is 5.02 Å². The maximum Gasteiger partial charge on any atom is 0.262 e. The molecule has 3 aromatic rings. The third kappa shape index (κ3) is 5.61. The van der Waals surface area contributed by atoms with E-state index in [4.69, 9.17) is 21.1 Å². The van der Waals surface area contributed by atoms with E-state index in [1.807, 2.05) is 55.5 Å². The summed E-state index contributed by atoms with van der Waals surface area (Å²) in [6.07, 6.45) is 0.